The van der Waals surface area contributed by atoms with Gasteiger partial charge < -0.3 is 17.2 Å². The molecule has 11 heavy (non-hydrogen) atoms. The number of hydrogen-bond donors (Lipinski definition) is 3. The summed E-state index contributed by atoms with van der Waals surface area (Å²) in [6.07, 6.45) is 0. The molecular weight excluding hydrogens is 138 g/mol. The molecule has 3 nitrogen and oxygen atoms in total. The Bertz CT molecular complexity index is 233. The van der Waals surface area contributed by atoms with Gasteiger partial charge in [0.25, 0.3) is 0 Å². The van der Waals surface area contributed by atoms with E-state index in [9.17, 15) is 0 Å². The van der Waals surface area contributed by atoms with Crippen molar-refractivity contribution in [3.8, 4) is 0 Å². The van der Waals surface area contributed by atoms with Gasteiger partial charge in [-0.3, -0.25) is 0 Å². The summed E-state index contributed by atoms with van der Waals surface area (Å²) >= 11 is 0. The second-order valence-corrected chi connectivity index (χ2v) is 2.90. The first-order valence-corrected chi connectivity index (χ1v) is 3.44. The zero-order valence-electron chi connectivity index (χ0n) is 6.54. The topological polar surface area (TPSA) is 78.1 Å². The van der Waals surface area contributed by atoms with E-state index in [1.807, 2.05) is 12.1 Å². The third-order valence-electron chi connectivity index (χ3n) is 1.53. The molecule has 1 rings (SSSR count). The van der Waals surface area contributed by atoms with Gasteiger partial charge >= 0.3 is 0 Å². The zero-order valence-corrected chi connectivity index (χ0v) is 6.54. The predicted molar refractivity (Wildman–Crippen MR) is 46.6 cm³/mol. The van der Waals surface area contributed by atoms with Gasteiger partial charge in [-0.05, 0) is 24.6 Å². The molecule has 0 aliphatic carbocycles. The van der Waals surface area contributed by atoms with Crippen LogP contribution in [0.3, 0.4) is 0 Å². The average Bonchev–Trinajstić information content (AvgIpc) is 1.86. The first-order chi connectivity index (χ1) is 5.00. The Balaban J connectivity index is 2.99. The van der Waals surface area contributed by atoms with Gasteiger partial charge in [0.1, 0.15) is 0 Å². The number of benzene rings is 1. The minimum absolute atomic E-state index is 0.720. The van der Waals surface area contributed by atoms with Crippen molar-refractivity contribution < 1.29 is 0 Å². The van der Waals surface area contributed by atoms with Crippen LogP contribution in [-0.2, 0) is 5.66 Å². The number of rotatable bonds is 1. The second-order valence-electron chi connectivity index (χ2n) is 2.90. The minimum Gasteiger partial charge on any atom is -0.399 e. The Morgan fingerprint density at radius 3 is 1.91 bits per heavy atom. The molecule has 0 atom stereocenters. The Morgan fingerprint density at radius 1 is 1.09 bits per heavy atom. The Labute approximate surface area is 66.2 Å². The number of nitrogen functional groups attached to an aromatic ring is 1. The highest BCUT2D eigenvalue weighted by Crippen LogP contribution is 2.12. The molecular formula is C8H13N3. The Kier molecular flexibility index (Phi) is 1.85. The molecule has 0 amide bonds. The zero-order chi connectivity index (χ0) is 8.48. The van der Waals surface area contributed by atoms with Crippen molar-refractivity contribution in [1.29, 1.82) is 0 Å². The lowest BCUT2D eigenvalue weighted by atomic mass is 10.0. The van der Waals surface area contributed by atoms with Crippen LogP contribution in [0, 0.1) is 0 Å². The first-order valence-electron chi connectivity index (χ1n) is 3.44. The van der Waals surface area contributed by atoms with Gasteiger partial charge in [-0.1, -0.05) is 12.1 Å². The van der Waals surface area contributed by atoms with Crippen LogP contribution in [0.15, 0.2) is 24.3 Å². The molecule has 1 aromatic carbocycles. The molecule has 0 aliphatic rings. The molecule has 0 radical (unpaired) electrons. The summed E-state index contributed by atoms with van der Waals surface area (Å²) < 4.78 is 0. The molecule has 0 fully saturated rings. The highest BCUT2D eigenvalue weighted by Gasteiger charge is 2.12. The van der Waals surface area contributed by atoms with Gasteiger partial charge in [0.15, 0.2) is 0 Å². The van der Waals surface area contributed by atoms with E-state index in [1.165, 1.54) is 0 Å². The van der Waals surface area contributed by atoms with Crippen LogP contribution < -0.4 is 17.2 Å². The molecule has 0 unspecified atom stereocenters. The van der Waals surface area contributed by atoms with Gasteiger partial charge in [-0.25, -0.2) is 0 Å². The van der Waals surface area contributed by atoms with Crippen LogP contribution in [0.5, 0.6) is 0 Å². The van der Waals surface area contributed by atoms with Crippen molar-refractivity contribution in [2.75, 3.05) is 5.73 Å². The van der Waals surface area contributed by atoms with Crippen molar-refractivity contribution in [2.45, 2.75) is 12.6 Å². The summed E-state index contributed by atoms with van der Waals surface area (Å²) in [7, 11) is 0. The molecule has 0 bridgehead atoms. The monoisotopic (exact) mass is 151 g/mol. The van der Waals surface area contributed by atoms with Crippen LogP contribution in [0.25, 0.3) is 0 Å². The first kappa shape index (κ1) is 8.04. The molecule has 0 aromatic heterocycles. The van der Waals surface area contributed by atoms with Gasteiger partial charge in [-0.15, -0.1) is 0 Å². The normalized spacial score (nSPS) is 11.5. The fourth-order valence-electron chi connectivity index (χ4n) is 0.842. The summed E-state index contributed by atoms with van der Waals surface area (Å²) in [5, 5.41) is 0. The Hall–Kier alpha value is -1.06. The molecule has 1 aromatic rings. The van der Waals surface area contributed by atoms with Crippen molar-refractivity contribution in [3.63, 3.8) is 0 Å². The lowest BCUT2D eigenvalue weighted by Gasteiger charge is -2.18. The van der Waals surface area contributed by atoms with E-state index in [0.717, 1.165) is 11.3 Å². The lowest BCUT2D eigenvalue weighted by Crippen LogP contribution is -2.42. The van der Waals surface area contributed by atoms with Gasteiger partial charge in [0, 0.05) is 5.69 Å². The second kappa shape index (κ2) is 2.53. The highest BCUT2D eigenvalue weighted by molar-refractivity contribution is 5.40. The quantitative estimate of drug-likeness (QED) is 0.400. The van der Waals surface area contributed by atoms with Crippen molar-refractivity contribution >= 4 is 5.69 Å². The summed E-state index contributed by atoms with van der Waals surface area (Å²) in [5.74, 6) is 0. The highest BCUT2D eigenvalue weighted by atomic mass is 14.9. The van der Waals surface area contributed by atoms with E-state index in [0.29, 0.717) is 0 Å². The predicted octanol–water partition coefficient (Wildman–Crippen LogP) is 0.359. The fraction of sp³-hybridized carbons (Fsp3) is 0.250. The molecule has 0 heterocycles. The third kappa shape index (κ3) is 1.93. The smallest absolute Gasteiger partial charge is 0.0870 e. The maximum Gasteiger partial charge on any atom is 0.0870 e. The lowest BCUT2D eigenvalue weighted by molar-refractivity contribution is 0.521. The molecule has 0 saturated heterocycles. The van der Waals surface area contributed by atoms with E-state index in [-0.39, 0.29) is 0 Å². The third-order valence-corrected chi connectivity index (χ3v) is 1.53. The summed E-state index contributed by atoms with van der Waals surface area (Å²) in [6.45, 7) is 1.75. The maximum atomic E-state index is 5.64. The van der Waals surface area contributed by atoms with E-state index in [2.05, 4.69) is 0 Å². The average molecular weight is 151 g/mol. The number of nitrogens with two attached hydrogens (primary N) is 3. The summed E-state index contributed by atoms with van der Waals surface area (Å²) in [4.78, 5) is 0. The van der Waals surface area contributed by atoms with Gasteiger partial charge in [0.2, 0.25) is 0 Å². The standard InChI is InChI=1S/C8H13N3/c1-8(10,11)6-2-4-7(9)5-3-6/h2-5H,9-11H2,1H3. The fourth-order valence-corrected chi connectivity index (χ4v) is 0.842. The number of anilines is 1. The molecule has 0 aliphatic heterocycles. The molecule has 3 heteroatoms. The van der Waals surface area contributed by atoms with E-state index < -0.39 is 5.66 Å². The Morgan fingerprint density at radius 2 is 1.55 bits per heavy atom. The van der Waals surface area contributed by atoms with Gasteiger partial charge in [-0.2, -0.15) is 0 Å². The summed E-state index contributed by atoms with van der Waals surface area (Å²) in [5.41, 5.74) is 17.6. The maximum absolute atomic E-state index is 5.64. The van der Waals surface area contributed by atoms with Crippen LogP contribution >= 0.6 is 0 Å². The minimum atomic E-state index is -0.770. The van der Waals surface area contributed by atoms with Crippen molar-refractivity contribution in [3.05, 3.63) is 29.8 Å². The van der Waals surface area contributed by atoms with Crippen molar-refractivity contribution in [1.82, 2.24) is 0 Å². The van der Waals surface area contributed by atoms with E-state index >= 15 is 0 Å². The van der Waals surface area contributed by atoms with Crippen LogP contribution in [0.1, 0.15) is 12.5 Å². The van der Waals surface area contributed by atoms with Gasteiger partial charge in [0.05, 0.1) is 5.66 Å². The van der Waals surface area contributed by atoms with Crippen LogP contribution in [0.2, 0.25) is 0 Å². The molecule has 6 N–H and O–H groups in total. The number of hydrogen-bond acceptors (Lipinski definition) is 3. The SMILES string of the molecule is CC(N)(N)c1ccc(N)cc1. The van der Waals surface area contributed by atoms with Crippen LogP contribution in [0.4, 0.5) is 5.69 Å². The molecule has 0 spiro atoms. The van der Waals surface area contributed by atoms with E-state index in [4.69, 9.17) is 17.2 Å². The van der Waals surface area contributed by atoms with Crippen LogP contribution in [-0.4, -0.2) is 0 Å². The summed E-state index contributed by atoms with van der Waals surface area (Å²) in [6, 6.07) is 7.23. The molecule has 0 saturated carbocycles. The van der Waals surface area contributed by atoms with Crippen molar-refractivity contribution in [2.24, 2.45) is 11.5 Å². The largest absolute Gasteiger partial charge is 0.399 e. The van der Waals surface area contributed by atoms with E-state index in [1.54, 1.807) is 19.1 Å². The molecule has 60 valence electrons.